The van der Waals surface area contributed by atoms with E-state index in [1.165, 1.54) is 44.2 Å². The van der Waals surface area contributed by atoms with Crippen LogP contribution in [0.1, 0.15) is 22.3 Å². The van der Waals surface area contributed by atoms with E-state index in [9.17, 15) is 0 Å². The zero-order valence-electron chi connectivity index (χ0n) is 16.3. The van der Waals surface area contributed by atoms with Crippen molar-refractivity contribution < 1.29 is 0 Å². The SMILES string of the molecule is Brc1cccc(C2(c3ccccc3)c3ccccc3-c3c2ccc2ccccc32)c1. The highest BCUT2D eigenvalue weighted by Crippen LogP contribution is 2.57. The molecule has 0 amide bonds. The number of fused-ring (bicyclic) bond motifs is 5. The summed E-state index contributed by atoms with van der Waals surface area (Å²) in [7, 11) is 0. The molecule has 0 nitrogen and oxygen atoms in total. The van der Waals surface area contributed by atoms with Crippen LogP contribution in [0.5, 0.6) is 0 Å². The highest BCUT2D eigenvalue weighted by Gasteiger charge is 2.46. The van der Waals surface area contributed by atoms with Crippen molar-refractivity contribution in [2.75, 3.05) is 0 Å². The number of hydrogen-bond donors (Lipinski definition) is 0. The van der Waals surface area contributed by atoms with Gasteiger partial charge in [0.1, 0.15) is 0 Å². The fraction of sp³-hybridized carbons (Fsp3) is 0.0345. The molecule has 0 radical (unpaired) electrons. The van der Waals surface area contributed by atoms with Crippen LogP contribution in [0.25, 0.3) is 21.9 Å². The van der Waals surface area contributed by atoms with E-state index in [0.29, 0.717) is 0 Å². The molecule has 1 aliphatic rings. The van der Waals surface area contributed by atoms with Crippen LogP contribution < -0.4 is 0 Å². The van der Waals surface area contributed by atoms with E-state index < -0.39 is 0 Å². The highest BCUT2D eigenvalue weighted by atomic mass is 79.9. The molecule has 0 spiro atoms. The van der Waals surface area contributed by atoms with E-state index >= 15 is 0 Å². The lowest BCUT2D eigenvalue weighted by molar-refractivity contribution is 0.768. The van der Waals surface area contributed by atoms with Crippen molar-refractivity contribution in [1.82, 2.24) is 0 Å². The van der Waals surface area contributed by atoms with Crippen LogP contribution in [0, 0.1) is 0 Å². The van der Waals surface area contributed by atoms with Gasteiger partial charge < -0.3 is 0 Å². The molecule has 0 fully saturated rings. The van der Waals surface area contributed by atoms with Crippen molar-refractivity contribution in [2.24, 2.45) is 0 Å². The average molecular weight is 447 g/mol. The Bertz CT molecular complexity index is 1400. The molecule has 0 aliphatic heterocycles. The zero-order chi connectivity index (χ0) is 20.1. The Balaban J connectivity index is 1.85. The Labute approximate surface area is 185 Å². The molecule has 0 saturated heterocycles. The summed E-state index contributed by atoms with van der Waals surface area (Å²) in [5.41, 5.74) is 7.61. The molecule has 1 unspecified atom stereocenters. The van der Waals surface area contributed by atoms with Gasteiger partial charge in [-0.15, -0.1) is 0 Å². The quantitative estimate of drug-likeness (QED) is 0.253. The summed E-state index contributed by atoms with van der Waals surface area (Å²) < 4.78 is 1.10. The first-order valence-electron chi connectivity index (χ1n) is 10.2. The van der Waals surface area contributed by atoms with Crippen LogP contribution in [0.4, 0.5) is 0 Å². The van der Waals surface area contributed by atoms with Crippen LogP contribution >= 0.6 is 15.9 Å². The second-order valence-corrected chi connectivity index (χ2v) is 8.80. The summed E-state index contributed by atoms with van der Waals surface area (Å²) >= 11 is 3.73. The Morgan fingerprint density at radius 1 is 0.533 bits per heavy atom. The number of halogens is 1. The van der Waals surface area contributed by atoms with Gasteiger partial charge in [0.05, 0.1) is 5.41 Å². The summed E-state index contributed by atoms with van der Waals surface area (Å²) in [6, 6.07) is 42.0. The molecule has 5 aromatic rings. The van der Waals surface area contributed by atoms with E-state index in [-0.39, 0.29) is 5.41 Å². The first kappa shape index (κ1) is 17.7. The van der Waals surface area contributed by atoms with E-state index in [1.807, 2.05) is 0 Å². The van der Waals surface area contributed by atoms with E-state index in [0.717, 1.165) is 4.47 Å². The molecule has 0 saturated carbocycles. The Hall–Kier alpha value is -3.16. The second kappa shape index (κ2) is 6.68. The van der Waals surface area contributed by atoms with Gasteiger partial charge in [-0.05, 0) is 56.3 Å². The number of hydrogen-bond acceptors (Lipinski definition) is 0. The van der Waals surface area contributed by atoms with Gasteiger partial charge in [0.15, 0.2) is 0 Å². The van der Waals surface area contributed by atoms with Gasteiger partial charge in [-0.3, -0.25) is 0 Å². The van der Waals surface area contributed by atoms with Crippen LogP contribution in [0.15, 0.2) is 120 Å². The average Bonchev–Trinajstić information content (AvgIpc) is 3.11. The predicted octanol–water partition coefficient (Wildman–Crippen LogP) is 7.97. The monoisotopic (exact) mass is 446 g/mol. The minimum Gasteiger partial charge on any atom is -0.0622 e. The van der Waals surface area contributed by atoms with Crippen LogP contribution in [-0.4, -0.2) is 0 Å². The van der Waals surface area contributed by atoms with E-state index in [4.69, 9.17) is 0 Å². The summed E-state index contributed by atoms with van der Waals surface area (Å²) in [5.74, 6) is 0. The highest BCUT2D eigenvalue weighted by molar-refractivity contribution is 9.10. The van der Waals surface area contributed by atoms with Crippen molar-refractivity contribution in [3.8, 4) is 11.1 Å². The first-order chi connectivity index (χ1) is 14.8. The predicted molar refractivity (Wildman–Crippen MR) is 129 cm³/mol. The largest absolute Gasteiger partial charge is 0.0714 e. The minimum atomic E-state index is -0.346. The lowest BCUT2D eigenvalue weighted by Gasteiger charge is -2.34. The summed E-state index contributed by atoms with van der Waals surface area (Å²) in [4.78, 5) is 0. The fourth-order valence-electron chi connectivity index (χ4n) is 5.25. The molecule has 142 valence electrons. The van der Waals surface area contributed by atoms with Gasteiger partial charge in [-0.2, -0.15) is 0 Å². The van der Waals surface area contributed by atoms with Crippen LogP contribution in [0.2, 0.25) is 0 Å². The zero-order valence-corrected chi connectivity index (χ0v) is 17.9. The molecule has 0 bridgehead atoms. The van der Waals surface area contributed by atoms with Crippen molar-refractivity contribution in [1.29, 1.82) is 0 Å². The number of rotatable bonds is 2. The van der Waals surface area contributed by atoms with E-state index in [1.54, 1.807) is 0 Å². The van der Waals surface area contributed by atoms with Gasteiger partial charge in [-0.1, -0.05) is 119 Å². The van der Waals surface area contributed by atoms with Crippen molar-refractivity contribution in [3.63, 3.8) is 0 Å². The maximum atomic E-state index is 3.73. The topological polar surface area (TPSA) is 0 Å². The molecule has 1 aliphatic carbocycles. The van der Waals surface area contributed by atoms with E-state index in [2.05, 4.69) is 131 Å². The van der Waals surface area contributed by atoms with Gasteiger partial charge in [0, 0.05) is 4.47 Å². The normalized spacial score (nSPS) is 17.0. The maximum absolute atomic E-state index is 3.73. The van der Waals surface area contributed by atoms with Gasteiger partial charge in [0.2, 0.25) is 0 Å². The Kier molecular flexibility index (Phi) is 3.94. The molecule has 6 rings (SSSR count). The van der Waals surface area contributed by atoms with Crippen molar-refractivity contribution in [3.05, 3.63) is 142 Å². The van der Waals surface area contributed by atoms with Crippen LogP contribution in [-0.2, 0) is 5.41 Å². The third-order valence-electron chi connectivity index (χ3n) is 6.40. The molecule has 1 heteroatoms. The maximum Gasteiger partial charge on any atom is 0.0714 e. The third-order valence-corrected chi connectivity index (χ3v) is 6.89. The fourth-order valence-corrected chi connectivity index (χ4v) is 5.65. The van der Waals surface area contributed by atoms with Crippen LogP contribution in [0.3, 0.4) is 0 Å². The first-order valence-corrected chi connectivity index (χ1v) is 11.0. The molecule has 0 aromatic heterocycles. The van der Waals surface area contributed by atoms with Gasteiger partial charge in [0.25, 0.3) is 0 Å². The minimum absolute atomic E-state index is 0.346. The summed E-state index contributed by atoms with van der Waals surface area (Å²) in [6.45, 7) is 0. The van der Waals surface area contributed by atoms with Gasteiger partial charge in [-0.25, -0.2) is 0 Å². The molecular formula is C29H19Br. The molecule has 30 heavy (non-hydrogen) atoms. The smallest absolute Gasteiger partial charge is 0.0622 e. The van der Waals surface area contributed by atoms with Crippen molar-refractivity contribution >= 4 is 26.7 Å². The lowest BCUT2D eigenvalue weighted by atomic mass is 9.67. The Morgan fingerprint density at radius 2 is 1.27 bits per heavy atom. The molecule has 0 N–H and O–H groups in total. The molecule has 0 heterocycles. The van der Waals surface area contributed by atoms with Crippen molar-refractivity contribution in [2.45, 2.75) is 5.41 Å². The molecular weight excluding hydrogens is 428 g/mol. The lowest BCUT2D eigenvalue weighted by Crippen LogP contribution is -2.28. The molecule has 1 atom stereocenters. The van der Waals surface area contributed by atoms with Gasteiger partial charge >= 0.3 is 0 Å². The third kappa shape index (κ3) is 2.33. The summed E-state index contributed by atoms with van der Waals surface area (Å²) in [6.07, 6.45) is 0. The Morgan fingerprint density at radius 3 is 2.13 bits per heavy atom. The summed E-state index contributed by atoms with van der Waals surface area (Å²) in [5, 5.41) is 2.60. The second-order valence-electron chi connectivity index (χ2n) is 7.88. The molecule has 5 aromatic carbocycles. The standard InChI is InChI=1S/C29H19Br/c30-23-13-8-12-22(19-23)29(21-10-2-1-3-11-21)26-16-7-6-15-25(26)28-24-14-5-4-9-20(24)17-18-27(28)29/h1-19H. The number of benzene rings is 5.